The molecule has 1 atom stereocenters. The van der Waals surface area contributed by atoms with Crippen molar-refractivity contribution in [2.75, 3.05) is 37.7 Å². The van der Waals surface area contributed by atoms with E-state index in [0.29, 0.717) is 17.0 Å². The highest BCUT2D eigenvalue weighted by Crippen LogP contribution is 2.43. The van der Waals surface area contributed by atoms with Gasteiger partial charge in [-0.2, -0.15) is 0 Å². The van der Waals surface area contributed by atoms with E-state index < -0.39 is 0 Å². The second-order valence-corrected chi connectivity index (χ2v) is 7.96. The first-order chi connectivity index (χ1) is 12.1. The standard InChI is InChI=1S/C19H25ClN3O2/c1-14-3-4-16(20)17(21-14)22-9-2-7-19(13-22)8-10-23(18(19)24)15-5-11-25-12-6-15/h4,15H,2,5-13H2,1H3/t19-/m1/s1. The topological polar surface area (TPSA) is 45.7 Å². The molecule has 3 fully saturated rings. The number of aryl methyl sites for hydroxylation is 1. The van der Waals surface area contributed by atoms with Crippen LogP contribution in [0.1, 0.15) is 37.8 Å². The molecule has 1 spiro atoms. The predicted octanol–water partition coefficient (Wildman–Crippen LogP) is 2.84. The number of ether oxygens (including phenoxy) is 1. The van der Waals surface area contributed by atoms with Crippen LogP contribution in [-0.2, 0) is 9.53 Å². The highest BCUT2D eigenvalue weighted by atomic mass is 35.5. The first-order valence-electron chi connectivity index (χ1n) is 9.28. The Labute approximate surface area is 154 Å². The minimum atomic E-state index is -0.269. The Morgan fingerprint density at radius 1 is 1.32 bits per heavy atom. The quantitative estimate of drug-likeness (QED) is 0.811. The lowest BCUT2D eigenvalue weighted by Crippen LogP contribution is -2.50. The number of rotatable bonds is 2. The fourth-order valence-electron chi connectivity index (χ4n) is 4.58. The molecule has 3 saturated heterocycles. The van der Waals surface area contributed by atoms with Gasteiger partial charge >= 0.3 is 0 Å². The molecule has 0 N–H and O–H groups in total. The van der Waals surface area contributed by atoms with Crippen LogP contribution in [0, 0.1) is 18.4 Å². The highest BCUT2D eigenvalue weighted by molar-refractivity contribution is 6.32. The number of nitrogens with zero attached hydrogens (tertiary/aromatic N) is 3. The average Bonchev–Trinajstić information content (AvgIpc) is 2.94. The van der Waals surface area contributed by atoms with Crippen LogP contribution < -0.4 is 4.90 Å². The summed E-state index contributed by atoms with van der Waals surface area (Å²) in [7, 11) is 0. The maximum atomic E-state index is 13.3. The summed E-state index contributed by atoms with van der Waals surface area (Å²) in [5.41, 5.74) is 0.565. The number of carbonyl (C=O) groups excluding carboxylic acids is 1. The number of pyridine rings is 1. The molecule has 135 valence electrons. The minimum absolute atomic E-state index is 0.269. The lowest BCUT2D eigenvalue weighted by Gasteiger charge is -2.41. The van der Waals surface area contributed by atoms with Crippen molar-refractivity contribution in [3.05, 3.63) is 22.8 Å². The maximum Gasteiger partial charge on any atom is 0.230 e. The summed E-state index contributed by atoms with van der Waals surface area (Å²) in [6.45, 7) is 5.97. The molecule has 25 heavy (non-hydrogen) atoms. The van der Waals surface area contributed by atoms with Crippen LogP contribution in [0.2, 0.25) is 5.02 Å². The van der Waals surface area contributed by atoms with Gasteiger partial charge < -0.3 is 14.5 Å². The van der Waals surface area contributed by atoms with Gasteiger partial charge in [-0.15, -0.1) is 0 Å². The molecule has 1 radical (unpaired) electrons. The van der Waals surface area contributed by atoms with Crippen molar-refractivity contribution in [2.24, 2.45) is 5.41 Å². The third-order valence-corrected chi connectivity index (χ3v) is 6.23. The number of aromatic nitrogens is 1. The number of amides is 1. The van der Waals surface area contributed by atoms with Crippen molar-refractivity contribution in [3.63, 3.8) is 0 Å². The summed E-state index contributed by atoms with van der Waals surface area (Å²) in [6.07, 6.45) is 4.84. The molecule has 4 heterocycles. The van der Waals surface area contributed by atoms with E-state index in [4.69, 9.17) is 16.3 Å². The second-order valence-electron chi connectivity index (χ2n) is 7.55. The molecular weight excluding hydrogens is 338 g/mol. The van der Waals surface area contributed by atoms with E-state index in [1.165, 1.54) is 0 Å². The zero-order chi connectivity index (χ0) is 17.4. The van der Waals surface area contributed by atoms with Gasteiger partial charge in [0.2, 0.25) is 5.91 Å². The van der Waals surface area contributed by atoms with Crippen molar-refractivity contribution in [1.82, 2.24) is 9.88 Å². The van der Waals surface area contributed by atoms with Crippen LogP contribution in [0.4, 0.5) is 5.82 Å². The molecule has 6 heteroatoms. The van der Waals surface area contributed by atoms with Gasteiger partial charge in [-0.1, -0.05) is 11.6 Å². The molecule has 3 aliphatic heterocycles. The Morgan fingerprint density at radius 3 is 2.92 bits per heavy atom. The number of hydrogen-bond acceptors (Lipinski definition) is 4. The molecule has 0 unspecified atom stereocenters. The van der Waals surface area contributed by atoms with Gasteiger partial charge in [-0.05, 0) is 45.1 Å². The van der Waals surface area contributed by atoms with E-state index in [2.05, 4.69) is 20.9 Å². The molecule has 1 aromatic heterocycles. The summed E-state index contributed by atoms with van der Waals surface area (Å²) < 4.78 is 5.46. The Balaban J connectivity index is 1.54. The first-order valence-corrected chi connectivity index (χ1v) is 9.65. The van der Waals surface area contributed by atoms with Crippen molar-refractivity contribution >= 4 is 23.3 Å². The lowest BCUT2D eigenvalue weighted by atomic mass is 9.78. The maximum absolute atomic E-state index is 13.3. The minimum Gasteiger partial charge on any atom is -0.381 e. The molecule has 0 saturated carbocycles. The third-order valence-electron chi connectivity index (χ3n) is 5.95. The zero-order valence-electron chi connectivity index (χ0n) is 14.8. The molecular formula is C19H25ClN3O2. The second kappa shape index (κ2) is 6.76. The van der Waals surface area contributed by atoms with Gasteiger partial charge in [-0.25, -0.2) is 4.98 Å². The number of anilines is 1. The number of piperidine rings is 1. The van der Waals surface area contributed by atoms with E-state index in [1.54, 1.807) is 6.07 Å². The summed E-state index contributed by atoms with van der Waals surface area (Å²) in [6, 6.07) is 5.18. The molecule has 5 nitrogen and oxygen atoms in total. The number of hydrogen-bond donors (Lipinski definition) is 0. The van der Waals surface area contributed by atoms with Gasteiger partial charge in [0, 0.05) is 50.7 Å². The molecule has 0 aliphatic carbocycles. The van der Waals surface area contributed by atoms with E-state index in [9.17, 15) is 4.79 Å². The zero-order valence-corrected chi connectivity index (χ0v) is 15.5. The summed E-state index contributed by atoms with van der Waals surface area (Å²) in [4.78, 5) is 22.2. The van der Waals surface area contributed by atoms with Crippen LogP contribution in [0.3, 0.4) is 0 Å². The predicted molar refractivity (Wildman–Crippen MR) is 96.9 cm³/mol. The fourth-order valence-corrected chi connectivity index (χ4v) is 4.80. The van der Waals surface area contributed by atoms with Gasteiger partial charge in [0.05, 0.1) is 10.4 Å². The Morgan fingerprint density at radius 2 is 2.12 bits per heavy atom. The van der Waals surface area contributed by atoms with Crippen molar-refractivity contribution in [3.8, 4) is 0 Å². The average molecular weight is 363 g/mol. The van der Waals surface area contributed by atoms with Crippen molar-refractivity contribution in [1.29, 1.82) is 0 Å². The van der Waals surface area contributed by atoms with Crippen molar-refractivity contribution < 1.29 is 9.53 Å². The van der Waals surface area contributed by atoms with Crippen LogP contribution in [0.5, 0.6) is 0 Å². The summed E-state index contributed by atoms with van der Waals surface area (Å²) in [5.74, 6) is 1.13. The highest BCUT2D eigenvalue weighted by Gasteiger charge is 2.50. The van der Waals surface area contributed by atoms with Crippen LogP contribution in [0.15, 0.2) is 6.07 Å². The molecule has 1 amide bonds. The smallest absolute Gasteiger partial charge is 0.230 e. The van der Waals surface area contributed by atoms with Gasteiger partial charge in [0.1, 0.15) is 5.82 Å². The van der Waals surface area contributed by atoms with E-state index in [-0.39, 0.29) is 5.41 Å². The van der Waals surface area contributed by atoms with Gasteiger partial charge in [0.15, 0.2) is 0 Å². The Kier molecular flexibility index (Phi) is 4.63. The molecule has 4 rings (SSSR count). The monoisotopic (exact) mass is 362 g/mol. The van der Waals surface area contributed by atoms with Gasteiger partial charge in [0.25, 0.3) is 0 Å². The van der Waals surface area contributed by atoms with Crippen LogP contribution in [0.25, 0.3) is 0 Å². The van der Waals surface area contributed by atoms with Crippen LogP contribution >= 0.6 is 11.6 Å². The lowest BCUT2D eigenvalue weighted by molar-refractivity contribution is -0.139. The van der Waals surface area contributed by atoms with Crippen molar-refractivity contribution in [2.45, 2.75) is 45.1 Å². The van der Waals surface area contributed by atoms with E-state index in [1.807, 2.05) is 6.92 Å². The Hall–Kier alpha value is -1.33. The Bertz CT molecular complexity index is 662. The largest absolute Gasteiger partial charge is 0.381 e. The number of likely N-dealkylation sites (tertiary alicyclic amines) is 1. The summed E-state index contributed by atoms with van der Waals surface area (Å²) >= 11 is 6.37. The molecule has 0 bridgehead atoms. The normalized spacial score (nSPS) is 28.2. The summed E-state index contributed by atoms with van der Waals surface area (Å²) in [5, 5.41) is 0.620. The molecule has 3 aliphatic rings. The first kappa shape index (κ1) is 17.1. The fraction of sp³-hybridized carbons (Fsp3) is 0.684. The third kappa shape index (κ3) is 3.13. The SMILES string of the molecule is Cc1[c]cc(Cl)c(N2CCC[C@@]3(CCN(C4CCOCC4)C3=O)C2)n1. The van der Waals surface area contributed by atoms with E-state index >= 15 is 0 Å². The molecule has 1 aromatic rings. The van der Waals surface area contributed by atoms with Gasteiger partial charge in [-0.3, -0.25) is 4.79 Å². The number of carbonyl (C=O) groups is 1. The molecule has 0 aromatic carbocycles. The number of halogens is 1. The van der Waals surface area contributed by atoms with Crippen LogP contribution in [-0.4, -0.2) is 54.7 Å². The van der Waals surface area contributed by atoms with E-state index in [0.717, 1.165) is 76.5 Å².